The van der Waals surface area contributed by atoms with Gasteiger partial charge in [-0.2, -0.15) is 5.10 Å². The summed E-state index contributed by atoms with van der Waals surface area (Å²) in [6.07, 6.45) is 1.90. The molecule has 1 aromatic carbocycles. The summed E-state index contributed by atoms with van der Waals surface area (Å²) in [6.45, 7) is 4.66. The molecule has 0 aliphatic heterocycles. The molecule has 2 aromatic rings. The molecular formula is C13H13ClN2O2. The van der Waals surface area contributed by atoms with Crippen molar-refractivity contribution in [3.8, 4) is 11.1 Å². The maximum Gasteiger partial charge on any atom is 0.335 e. The first-order valence-electron chi connectivity index (χ1n) is 5.59. The molecule has 0 saturated carbocycles. The Morgan fingerprint density at radius 3 is 2.72 bits per heavy atom. The van der Waals surface area contributed by atoms with Crippen molar-refractivity contribution in [3.63, 3.8) is 0 Å². The fourth-order valence-electron chi connectivity index (χ4n) is 1.83. The molecule has 18 heavy (non-hydrogen) atoms. The second-order valence-corrected chi connectivity index (χ2v) is 4.45. The van der Waals surface area contributed by atoms with Crippen molar-refractivity contribution in [1.82, 2.24) is 9.78 Å². The van der Waals surface area contributed by atoms with Crippen LogP contribution in [0.4, 0.5) is 0 Å². The van der Waals surface area contributed by atoms with E-state index in [-0.39, 0.29) is 5.56 Å². The number of carbonyl (C=O) groups is 1. The number of rotatable bonds is 3. The topological polar surface area (TPSA) is 55.1 Å². The minimum absolute atomic E-state index is 0.182. The van der Waals surface area contributed by atoms with Gasteiger partial charge in [0.1, 0.15) is 0 Å². The fourth-order valence-corrected chi connectivity index (χ4v) is 2.07. The monoisotopic (exact) mass is 264 g/mol. The molecule has 0 fully saturated rings. The van der Waals surface area contributed by atoms with Crippen LogP contribution in [0.3, 0.4) is 0 Å². The molecule has 2 rings (SSSR count). The molecule has 5 heteroatoms. The first-order chi connectivity index (χ1) is 8.51. The normalized spacial score (nSPS) is 10.6. The molecule has 0 aliphatic rings. The van der Waals surface area contributed by atoms with Crippen LogP contribution in [0.5, 0.6) is 0 Å². The van der Waals surface area contributed by atoms with E-state index in [1.54, 1.807) is 12.1 Å². The molecule has 94 valence electrons. The van der Waals surface area contributed by atoms with Crippen molar-refractivity contribution in [1.29, 1.82) is 0 Å². The largest absolute Gasteiger partial charge is 0.478 e. The molecule has 0 unspecified atom stereocenters. The molecule has 0 aliphatic carbocycles. The summed E-state index contributed by atoms with van der Waals surface area (Å²) in [5.41, 5.74) is 2.72. The van der Waals surface area contributed by atoms with Gasteiger partial charge in [-0.15, -0.1) is 0 Å². The molecule has 0 bridgehead atoms. The van der Waals surface area contributed by atoms with Crippen LogP contribution >= 0.6 is 11.6 Å². The first-order valence-corrected chi connectivity index (χ1v) is 5.97. The third-order valence-corrected chi connectivity index (χ3v) is 2.94. The van der Waals surface area contributed by atoms with E-state index >= 15 is 0 Å². The third-order valence-electron chi connectivity index (χ3n) is 2.73. The molecule has 0 saturated heterocycles. The van der Waals surface area contributed by atoms with Crippen molar-refractivity contribution >= 4 is 17.6 Å². The Morgan fingerprint density at radius 2 is 2.17 bits per heavy atom. The first kappa shape index (κ1) is 12.6. The molecule has 1 heterocycles. The molecule has 1 N–H and O–H groups in total. The molecule has 1 aromatic heterocycles. The van der Waals surface area contributed by atoms with Crippen molar-refractivity contribution in [2.75, 3.05) is 0 Å². The lowest BCUT2D eigenvalue weighted by molar-refractivity contribution is 0.0697. The maximum absolute atomic E-state index is 11.0. The van der Waals surface area contributed by atoms with Crippen molar-refractivity contribution in [2.45, 2.75) is 20.4 Å². The average molecular weight is 265 g/mol. The zero-order chi connectivity index (χ0) is 13.3. The molecule has 0 spiro atoms. The van der Waals surface area contributed by atoms with Gasteiger partial charge in [0.2, 0.25) is 0 Å². The fraction of sp³-hybridized carbons (Fsp3) is 0.231. The lowest BCUT2D eigenvalue weighted by Crippen LogP contribution is -1.96. The minimum atomic E-state index is -0.987. The highest BCUT2D eigenvalue weighted by Gasteiger charge is 2.11. The van der Waals surface area contributed by atoms with E-state index in [0.29, 0.717) is 5.02 Å². The van der Waals surface area contributed by atoms with Crippen LogP contribution in [0, 0.1) is 6.92 Å². The van der Waals surface area contributed by atoms with Gasteiger partial charge >= 0.3 is 5.97 Å². The van der Waals surface area contributed by atoms with Gasteiger partial charge in [0.25, 0.3) is 0 Å². The zero-order valence-corrected chi connectivity index (χ0v) is 10.9. The van der Waals surface area contributed by atoms with Gasteiger partial charge < -0.3 is 5.11 Å². The summed E-state index contributed by atoms with van der Waals surface area (Å²) < 4.78 is 1.81. The molecular weight excluding hydrogens is 252 g/mol. The van der Waals surface area contributed by atoms with Crippen LogP contribution in [0.15, 0.2) is 24.4 Å². The van der Waals surface area contributed by atoms with Crippen LogP contribution in [-0.2, 0) is 6.54 Å². The molecule has 0 amide bonds. The predicted octanol–water partition coefficient (Wildman–Crippen LogP) is 3.23. The average Bonchev–Trinajstić information content (AvgIpc) is 2.69. The van der Waals surface area contributed by atoms with E-state index in [1.807, 2.05) is 24.7 Å². The summed E-state index contributed by atoms with van der Waals surface area (Å²) >= 11 is 5.95. The Hall–Kier alpha value is -1.81. The summed E-state index contributed by atoms with van der Waals surface area (Å²) in [4.78, 5) is 11.0. The number of halogens is 1. The lowest BCUT2D eigenvalue weighted by atomic mass is 10.0. The van der Waals surface area contributed by atoms with Gasteiger partial charge in [0, 0.05) is 23.3 Å². The standard InChI is InChI=1S/C13H13ClN2O2/c1-3-16-7-12(8(2)15-16)9-4-10(13(17)18)6-11(14)5-9/h4-7H,3H2,1-2H3,(H,17,18). The van der Waals surface area contributed by atoms with Crippen LogP contribution in [0.25, 0.3) is 11.1 Å². The minimum Gasteiger partial charge on any atom is -0.478 e. The molecule has 0 atom stereocenters. The van der Waals surface area contributed by atoms with Gasteiger partial charge in [-0.05, 0) is 37.6 Å². The van der Waals surface area contributed by atoms with Crippen LogP contribution in [-0.4, -0.2) is 20.9 Å². The Bertz CT molecular complexity index is 605. The van der Waals surface area contributed by atoms with Crippen molar-refractivity contribution < 1.29 is 9.90 Å². The number of hydrogen-bond donors (Lipinski definition) is 1. The van der Waals surface area contributed by atoms with E-state index in [4.69, 9.17) is 16.7 Å². The smallest absolute Gasteiger partial charge is 0.335 e. The number of aryl methyl sites for hydroxylation is 2. The summed E-state index contributed by atoms with van der Waals surface area (Å²) in [7, 11) is 0. The Morgan fingerprint density at radius 1 is 1.44 bits per heavy atom. The van der Waals surface area contributed by atoms with E-state index in [9.17, 15) is 4.79 Å². The lowest BCUT2D eigenvalue weighted by Gasteiger charge is -2.03. The number of carboxylic acid groups (broad SMARTS) is 1. The highest BCUT2D eigenvalue weighted by molar-refractivity contribution is 6.31. The van der Waals surface area contributed by atoms with Gasteiger partial charge in [-0.25, -0.2) is 4.79 Å². The van der Waals surface area contributed by atoms with Gasteiger partial charge in [-0.1, -0.05) is 11.6 Å². The van der Waals surface area contributed by atoms with Crippen molar-refractivity contribution in [3.05, 3.63) is 40.7 Å². The highest BCUT2D eigenvalue weighted by atomic mass is 35.5. The van der Waals surface area contributed by atoms with Crippen LogP contribution in [0.1, 0.15) is 23.0 Å². The molecule has 0 radical (unpaired) electrons. The zero-order valence-electron chi connectivity index (χ0n) is 10.1. The second kappa shape index (κ2) is 4.82. The number of benzene rings is 1. The summed E-state index contributed by atoms with van der Waals surface area (Å²) in [5, 5.41) is 13.8. The SMILES string of the molecule is CCn1cc(-c2cc(Cl)cc(C(=O)O)c2)c(C)n1. The van der Waals surface area contributed by atoms with E-state index in [1.165, 1.54) is 6.07 Å². The molecule has 4 nitrogen and oxygen atoms in total. The number of aromatic carboxylic acids is 1. The summed E-state index contributed by atoms with van der Waals surface area (Å²) in [6, 6.07) is 4.79. The second-order valence-electron chi connectivity index (χ2n) is 4.02. The Balaban J connectivity index is 2.56. The quantitative estimate of drug-likeness (QED) is 0.926. The van der Waals surface area contributed by atoms with Gasteiger partial charge in [0.15, 0.2) is 0 Å². The highest BCUT2D eigenvalue weighted by Crippen LogP contribution is 2.27. The third kappa shape index (κ3) is 2.38. The van der Waals surface area contributed by atoms with Crippen molar-refractivity contribution in [2.24, 2.45) is 0 Å². The van der Waals surface area contributed by atoms with Crippen LogP contribution in [0.2, 0.25) is 5.02 Å². The van der Waals surface area contributed by atoms with Crippen LogP contribution < -0.4 is 0 Å². The van der Waals surface area contributed by atoms with E-state index < -0.39 is 5.97 Å². The Labute approximate surface area is 110 Å². The van der Waals surface area contributed by atoms with E-state index in [2.05, 4.69) is 5.10 Å². The van der Waals surface area contributed by atoms with Gasteiger partial charge in [0.05, 0.1) is 11.3 Å². The maximum atomic E-state index is 11.0. The number of aromatic nitrogens is 2. The number of carboxylic acids is 1. The Kier molecular flexibility index (Phi) is 3.39. The number of nitrogens with zero attached hydrogens (tertiary/aromatic N) is 2. The van der Waals surface area contributed by atoms with E-state index in [0.717, 1.165) is 23.4 Å². The summed E-state index contributed by atoms with van der Waals surface area (Å²) in [5.74, 6) is -0.987. The van der Waals surface area contributed by atoms with Gasteiger partial charge in [-0.3, -0.25) is 4.68 Å². The predicted molar refractivity (Wildman–Crippen MR) is 70.0 cm³/mol. The number of hydrogen-bond acceptors (Lipinski definition) is 2.